The molecule has 202 valence electrons. The summed E-state index contributed by atoms with van der Waals surface area (Å²) < 4.78 is 22.8. The average molecular weight is 543 g/mol. The largest absolute Gasteiger partial charge is 0.496 e. The summed E-state index contributed by atoms with van der Waals surface area (Å²) in [7, 11) is 1.54. The molecule has 0 radical (unpaired) electrons. The highest BCUT2D eigenvalue weighted by Crippen LogP contribution is 2.33. The molecular formula is C28H22N4O8. The Morgan fingerprint density at radius 1 is 1.12 bits per heavy atom. The Labute approximate surface area is 226 Å². The summed E-state index contributed by atoms with van der Waals surface area (Å²) in [6, 6.07) is 17.9. The first-order chi connectivity index (χ1) is 19.4. The maximum absolute atomic E-state index is 13.6. The van der Waals surface area contributed by atoms with E-state index in [1.54, 1.807) is 55.5 Å². The molecule has 0 aliphatic heterocycles. The van der Waals surface area contributed by atoms with Crippen LogP contribution in [0.1, 0.15) is 12.5 Å². The fourth-order valence-corrected chi connectivity index (χ4v) is 4.11. The number of nitro groups is 1. The van der Waals surface area contributed by atoms with Crippen molar-refractivity contribution in [3.05, 3.63) is 92.8 Å². The van der Waals surface area contributed by atoms with Crippen LogP contribution >= 0.6 is 0 Å². The van der Waals surface area contributed by atoms with Crippen LogP contribution in [0, 0.1) is 10.1 Å². The van der Waals surface area contributed by atoms with Gasteiger partial charge in [-0.15, -0.1) is 0 Å². The predicted molar refractivity (Wildman–Crippen MR) is 146 cm³/mol. The maximum Gasteiger partial charge on any atom is 0.344 e. The van der Waals surface area contributed by atoms with Crippen LogP contribution in [0.3, 0.4) is 0 Å². The Hall–Kier alpha value is -5.52. The van der Waals surface area contributed by atoms with Crippen molar-refractivity contribution in [2.24, 2.45) is 5.10 Å². The maximum atomic E-state index is 13.6. The van der Waals surface area contributed by atoms with E-state index in [2.05, 4.69) is 10.1 Å². The van der Waals surface area contributed by atoms with E-state index in [1.807, 2.05) is 0 Å². The molecule has 0 saturated heterocycles. The van der Waals surface area contributed by atoms with Crippen molar-refractivity contribution in [3.63, 3.8) is 0 Å². The van der Waals surface area contributed by atoms with E-state index in [-0.39, 0.29) is 35.2 Å². The standard InChI is InChI=1S/C28H22N4O8/c1-3-38-25(33)16-39-26-17(8-6-11-21(26)32(35)36)15-29-31-27(30-20-10-5-4-9-18(20)28(31)34)24-14-19-22(37-2)12-7-13-23(19)40-24/h4-15H,3,16H2,1-2H3. The molecule has 5 rings (SSSR count). The van der Waals surface area contributed by atoms with Crippen molar-refractivity contribution in [1.29, 1.82) is 0 Å². The third-order valence-corrected chi connectivity index (χ3v) is 5.89. The topological polar surface area (TPSA) is 148 Å². The first-order valence-electron chi connectivity index (χ1n) is 12.1. The van der Waals surface area contributed by atoms with Crippen molar-refractivity contribution in [3.8, 4) is 23.1 Å². The molecule has 0 spiro atoms. The van der Waals surface area contributed by atoms with Gasteiger partial charge >= 0.3 is 11.7 Å². The van der Waals surface area contributed by atoms with Gasteiger partial charge in [0.1, 0.15) is 11.3 Å². The molecule has 0 aliphatic carbocycles. The molecule has 0 atom stereocenters. The highest BCUT2D eigenvalue weighted by Gasteiger charge is 2.21. The molecule has 0 unspecified atom stereocenters. The molecular weight excluding hydrogens is 520 g/mol. The zero-order valence-corrected chi connectivity index (χ0v) is 21.4. The highest BCUT2D eigenvalue weighted by atomic mass is 16.6. The van der Waals surface area contributed by atoms with Crippen LogP contribution in [-0.2, 0) is 9.53 Å². The molecule has 12 heteroatoms. The number of fused-ring (bicyclic) bond motifs is 2. The monoisotopic (exact) mass is 542 g/mol. The van der Waals surface area contributed by atoms with Crippen LogP contribution in [0.25, 0.3) is 33.5 Å². The van der Waals surface area contributed by atoms with Crippen molar-refractivity contribution in [1.82, 2.24) is 9.66 Å². The Bertz CT molecular complexity index is 1840. The van der Waals surface area contributed by atoms with E-state index in [1.165, 1.54) is 31.5 Å². The Morgan fingerprint density at radius 2 is 1.93 bits per heavy atom. The lowest BCUT2D eigenvalue weighted by atomic mass is 10.2. The van der Waals surface area contributed by atoms with Gasteiger partial charge in [0.25, 0.3) is 5.56 Å². The lowest BCUT2D eigenvalue weighted by Gasteiger charge is -2.10. The van der Waals surface area contributed by atoms with Gasteiger partial charge in [-0.1, -0.05) is 24.3 Å². The van der Waals surface area contributed by atoms with Gasteiger partial charge < -0.3 is 18.6 Å². The minimum atomic E-state index is -0.693. The molecule has 2 heterocycles. The van der Waals surface area contributed by atoms with Crippen molar-refractivity contribution >= 4 is 39.7 Å². The summed E-state index contributed by atoms with van der Waals surface area (Å²) in [5.41, 5.74) is 0.206. The zero-order chi connectivity index (χ0) is 28.2. The van der Waals surface area contributed by atoms with E-state index in [0.29, 0.717) is 27.6 Å². The van der Waals surface area contributed by atoms with E-state index < -0.39 is 23.1 Å². The van der Waals surface area contributed by atoms with Crippen LogP contribution in [-0.4, -0.2) is 47.1 Å². The molecule has 0 N–H and O–H groups in total. The van der Waals surface area contributed by atoms with E-state index in [4.69, 9.17) is 18.6 Å². The van der Waals surface area contributed by atoms with Crippen LogP contribution in [0.15, 0.2) is 81.0 Å². The number of ether oxygens (including phenoxy) is 3. The Kier molecular flexibility index (Phi) is 7.22. The Morgan fingerprint density at radius 3 is 2.70 bits per heavy atom. The SMILES string of the molecule is CCOC(=O)COc1c(C=Nn2c(-c3cc4c(OC)cccc4o3)nc3ccccc3c2=O)cccc1[N+](=O)[O-]. The first-order valence-corrected chi connectivity index (χ1v) is 12.1. The summed E-state index contributed by atoms with van der Waals surface area (Å²) in [6.45, 7) is 1.21. The van der Waals surface area contributed by atoms with Crippen LogP contribution in [0.2, 0.25) is 0 Å². The van der Waals surface area contributed by atoms with Gasteiger partial charge in [-0.25, -0.2) is 9.78 Å². The lowest BCUT2D eigenvalue weighted by molar-refractivity contribution is -0.385. The molecule has 0 fully saturated rings. The van der Waals surface area contributed by atoms with Gasteiger partial charge in [0, 0.05) is 11.6 Å². The second-order valence-electron chi connectivity index (χ2n) is 8.34. The normalized spacial score (nSPS) is 11.2. The molecule has 0 amide bonds. The van der Waals surface area contributed by atoms with Crippen LogP contribution < -0.4 is 15.0 Å². The number of nitrogens with zero attached hydrogens (tertiary/aromatic N) is 4. The molecule has 0 bridgehead atoms. The molecule has 0 saturated carbocycles. The molecule has 40 heavy (non-hydrogen) atoms. The van der Waals surface area contributed by atoms with Crippen LogP contribution in [0.4, 0.5) is 5.69 Å². The minimum absolute atomic E-state index is 0.0950. The Balaban J connectivity index is 1.66. The zero-order valence-electron chi connectivity index (χ0n) is 21.4. The molecule has 0 aliphatic rings. The third kappa shape index (κ3) is 4.97. The number of carbonyl (C=O) groups excluding carboxylic acids is 1. The van der Waals surface area contributed by atoms with Gasteiger partial charge in [0.2, 0.25) is 11.6 Å². The second kappa shape index (κ2) is 11.1. The number of hydrogen-bond acceptors (Lipinski definition) is 10. The number of carbonyl (C=O) groups is 1. The summed E-state index contributed by atoms with van der Waals surface area (Å²) in [4.78, 5) is 41.1. The van der Waals surface area contributed by atoms with Crippen LogP contribution in [0.5, 0.6) is 11.5 Å². The van der Waals surface area contributed by atoms with E-state index in [9.17, 15) is 19.7 Å². The number of benzene rings is 3. The van der Waals surface area contributed by atoms with Gasteiger partial charge in [0.15, 0.2) is 12.4 Å². The smallest absolute Gasteiger partial charge is 0.344 e. The summed E-state index contributed by atoms with van der Waals surface area (Å²) >= 11 is 0. The quantitative estimate of drug-likeness (QED) is 0.113. The summed E-state index contributed by atoms with van der Waals surface area (Å²) in [5.74, 6) is 0.0165. The van der Waals surface area contributed by atoms with Crippen molar-refractivity contribution in [2.75, 3.05) is 20.3 Å². The number of rotatable bonds is 9. The van der Waals surface area contributed by atoms with Gasteiger partial charge in [-0.3, -0.25) is 14.9 Å². The summed E-state index contributed by atoms with van der Waals surface area (Å²) in [5, 5.41) is 17.0. The number of furan rings is 1. The van der Waals surface area contributed by atoms with E-state index >= 15 is 0 Å². The number of aromatic nitrogens is 2. The second-order valence-corrected chi connectivity index (χ2v) is 8.34. The fraction of sp³-hybridized carbons (Fsp3) is 0.143. The van der Waals surface area contributed by atoms with Gasteiger partial charge in [0.05, 0.1) is 41.1 Å². The number of methoxy groups -OCH3 is 1. The fourth-order valence-electron chi connectivity index (χ4n) is 4.11. The lowest BCUT2D eigenvalue weighted by Crippen LogP contribution is -2.20. The number of nitro benzene ring substituents is 1. The predicted octanol–water partition coefficient (Wildman–Crippen LogP) is 4.55. The molecule has 2 aromatic heterocycles. The van der Waals surface area contributed by atoms with Gasteiger partial charge in [-0.2, -0.15) is 9.78 Å². The molecule has 3 aromatic carbocycles. The summed E-state index contributed by atoms with van der Waals surface area (Å²) in [6.07, 6.45) is 1.22. The third-order valence-electron chi connectivity index (χ3n) is 5.89. The highest BCUT2D eigenvalue weighted by molar-refractivity contribution is 5.89. The first kappa shape index (κ1) is 26.1. The average Bonchev–Trinajstić information content (AvgIpc) is 3.40. The molecule has 12 nitrogen and oxygen atoms in total. The van der Waals surface area contributed by atoms with Crippen molar-refractivity contribution < 1.29 is 28.3 Å². The van der Waals surface area contributed by atoms with Crippen molar-refractivity contribution in [2.45, 2.75) is 6.92 Å². The molecule has 5 aromatic rings. The number of hydrogen-bond donors (Lipinski definition) is 0. The van der Waals surface area contributed by atoms with E-state index in [0.717, 1.165) is 4.68 Å². The van der Waals surface area contributed by atoms with Gasteiger partial charge in [-0.05, 0) is 43.3 Å². The number of esters is 1. The number of para-hydroxylation sites is 2. The minimum Gasteiger partial charge on any atom is -0.496 e.